The number of alkyl halides is 3. The number of nitrogens with one attached hydrogen (secondary N) is 3. The predicted octanol–water partition coefficient (Wildman–Crippen LogP) is 5.11. The van der Waals surface area contributed by atoms with Gasteiger partial charge in [0.05, 0.1) is 22.5 Å². The lowest BCUT2D eigenvalue weighted by Gasteiger charge is -2.34. The van der Waals surface area contributed by atoms with Gasteiger partial charge in [-0.25, -0.2) is 4.39 Å². The van der Waals surface area contributed by atoms with Gasteiger partial charge in [0.15, 0.2) is 5.82 Å². The van der Waals surface area contributed by atoms with Gasteiger partial charge < -0.3 is 20.4 Å². The van der Waals surface area contributed by atoms with Crippen molar-refractivity contribution in [1.29, 1.82) is 0 Å². The average molecular weight is 555 g/mol. The smallest absolute Gasteiger partial charge is 0.369 e. The van der Waals surface area contributed by atoms with E-state index in [0.717, 1.165) is 60.6 Å². The predicted molar refractivity (Wildman–Crippen MR) is 145 cm³/mol. The summed E-state index contributed by atoms with van der Waals surface area (Å²) in [6.07, 6.45) is -5.64. The fraction of sp³-hybridized carbons (Fsp3) is 0.250. The summed E-state index contributed by atoms with van der Waals surface area (Å²) in [7, 11) is 2.11. The van der Waals surface area contributed by atoms with Crippen molar-refractivity contribution in [3.63, 3.8) is 0 Å². The summed E-state index contributed by atoms with van der Waals surface area (Å²) < 4.78 is 52.8. The molecular formula is C28H26F4N6O2. The van der Waals surface area contributed by atoms with Crippen molar-refractivity contribution >= 4 is 39.8 Å². The number of nitrogens with zero attached hydrogens (tertiary/aromatic N) is 3. The number of benzene rings is 3. The topological polar surface area (TPSA) is 93.4 Å². The molecule has 3 aromatic carbocycles. The lowest BCUT2D eigenvalue weighted by atomic mass is 10.1. The van der Waals surface area contributed by atoms with Crippen LogP contribution in [0.2, 0.25) is 0 Å². The van der Waals surface area contributed by atoms with Crippen molar-refractivity contribution in [1.82, 2.24) is 15.1 Å². The van der Waals surface area contributed by atoms with E-state index >= 15 is 0 Å². The number of amides is 2. The van der Waals surface area contributed by atoms with E-state index in [4.69, 9.17) is 0 Å². The van der Waals surface area contributed by atoms with E-state index in [0.29, 0.717) is 17.3 Å². The van der Waals surface area contributed by atoms with E-state index in [1.807, 2.05) is 17.4 Å². The van der Waals surface area contributed by atoms with Gasteiger partial charge in [0, 0.05) is 48.5 Å². The zero-order valence-electron chi connectivity index (χ0n) is 21.5. The minimum absolute atomic E-state index is 0.385. The summed E-state index contributed by atoms with van der Waals surface area (Å²) in [5.74, 6) is -3.29. The molecule has 8 nitrogen and oxygen atoms in total. The Bertz CT molecular complexity index is 1540. The number of likely N-dealkylation sites (N-methyl/N-ethyl adjacent to an activating group) is 1. The van der Waals surface area contributed by atoms with Crippen LogP contribution in [0.15, 0.2) is 60.7 Å². The molecule has 0 bridgehead atoms. The molecule has 0 aliphatic carbocycles. The van der Waals surface area contributed by atoms with Crippen molar-refractivity contribution in [2.24, 2.45) is 0 Å². The van der Waals surface area contributed by atoms with Crippen LogP contribution >= 0.6 is 0 Å². The molecule has 4 aromatic rings. The molecular weight excluding hydrogens is 528 g/mol. The highest BCUT2D eigenvalue weighted by Gasteiger charge is 2.35. The Morgan fingerprint density at radius 3 is 2.35 bits per heavy atom. The number of hydrogen-bond donors (Lipinski definition) is 3. The summed E-state index contributed by atoms with van der Waals surface area (Å²) in [6, 6.07) is 15.8. The SMILES string of the molecule is CN1CCN(c2ccc(-c3n[nH]c4cc(NC(=O)CC(=O)Nc5cccc(C(F)(F)F)c5F)ccc34)cc2)CC1. The second-order valence-electron chi connectivity index (χ2n) is 9.61. The largest absolute Gasteiger partial charge is 0.419 e. The fourth-order valence-electron chi connectivity index (χ4n) is 4.61. The molecule has 0 radical (unpaired) electrons. The number of carbonyl (C=O) groups is 2. The second kappa shape index (κ2) is 11.0. The maximum absolute atomic E-state index is 14.2. The highest BCUT2D eigenvalue weighted by Crippen LogP contribution is 2.34. The number of carbonyl (C=O) groups excluding carboxylic acids is 2. The van der Waals surface area contributed by atoms with Gasteiger partial charge in [0.2, 0.25) is 11.8 Å². The minimum atomic E-state index is -4.92. The Balaban J connectivity index is 1.22. The number of aromatic amines is 1. The number of hydrogen-bond acceptors (Lipinski definition) is 5. The van der Waals surface area contributed by atoms with Crippen LogP contribution in [0.25, 0.3) is 22.2 Å². The van der Waals surface area contributed by atoms with Crippen LogP contribution < -0.4 is 15.5 Å². The van der Waals surface area contributed by atoms with Crippen molar-refractivity contribution in [2.45, 2.75) is 12.6 Å². The Hall–Kier alpha value is -4.45. The van der Waals surface area contributed by atoms with Crippen LogP contribution in [0.3, 0.4) is 0 Å². The van der Waals surface area contributed by atoms with E-state index in [-0.39, 0.29) is 0 Å². The van der Waals surface area contributed by atoms with Gasteiger partial charge >= 0.3 is 6.18 Å². The first-order valence-corrected chi connectivity index (χ1v) is 12.6. The lowest BCUT2D eigenvalue weighted by Crippen LogP contribution is -2.44. The Morgan fingerprint density at radius 1 is 0.950 bits per heavy atom. The summed E-state index contributed by atoms with van der Waals surface area (Å²) in [6.45, 7) is 3.98. The first-order valence-electron chi connectivity index (χ1n) is 12.6. The van der Waals surface area contributed by atoms with Gasteiger partial charge in [-0.2, -0.15) is 18.3 Å². The molecule has 40 heavy (non-hydrogen) atoms. The standard InChI is InChI=1S/C28H26F4N6O2/c1-37-11-13-38(14-12-37)19-8-5-17(6-9-19)27-20-10-7-18(15-23(20)35-36-27)33-24(39)16-25(40)34-22-4-2-3-21(26(22)29)28(30,31)32/h2-10,15H,11-14,16H2,1H3,(H,33,39)(H,34,40)(H,35,36). The van der Waals surface area contributed by atoms with Crippen LogP contribution in [-0.2, 0) is 15.8 Å². The Labute approximate surface area is 227 Å². The van der Waals surface area contributed by atoms with Crippen molar-refractivity contribution < 1.29 is 27.2 Å². The monoisotopic (exact) mass is 554 g/mol. The average Bonchev–Trinajstić information content (AvgIpc) is 3.33. The van der Waals surface area contributed by atoms with Crippen molar-refractivity contribution in [2.75, 3.05) is 48.8 Å². The molecule has 1 aliphatic rings. The van der Waals surface area contributed by atoms with Gasteiger partial charge in [0.25, 0.3) is 0 Å². The molecule has 208 valence electrons. The minimum Gasteiger partial charge on any atom is -0.369 e. The van der Waals surface area contributed by atoms with Crippen LogP contribution in [-0.4, -0.2) is 60.1 Å². The fourth-order valence-corrected chi connectivity index (χ4v) is 4.61. The first-order chi connectivity index (χ1) is 19.1. The number of halogens is 4. The second-order valence-corrected chi connectivity index (χ2v) is 9.61. The van der Waals surface area contributed by atoms with E-state index in [1.54, 1.807) is 18.2 Å². The molecule has 3 N–H and O–H groups in total. The molecule has 1 saturated heterocycles. The number of rotatable bonds is 6. The molecule has 2 heterocycles. The van der Waals surface area contributed by atoms with E-state index in [1.165, 1.54) is 0 Å². The molecule has 1 aromatic heterocycles. The van der Waals surface area contributed by atoms with Crippen LogP contribution in [0.1, 0.15) is 12.0 Å². The van der Waals surface area contributed by atoms with Gasteiger partial charge in [-0.15, -0.1) is 0 Å². The normalized spacial score (nSPS) is 14.4. The molecule has 0 spiro atoms. The summed E-state index contributed by atoms with van der Waals surface area (Å²) in [4.78, 5) is 29.2. The van der Waals surface area contributed by atoms with Crippen LogP contribution in [0, 0.1) is 5.82 Å². The van der Waals surface area contributed by atoms with E-state index < -0.39 is 41.5 Å². The third-order valence-electron chi connectivity index (χ3n) is 6.76. The third kappa shape index (κ3) is 5.91. The summed E-state index contributed by atoms with van der Waals surface area (Å²) in [5.41, 5.74) is 1.72. The van der Waals surface area contributed by atoms with Crippen LogP contribution in [0.4, 0.5) is 34.6 Å². The van der Waals surface area contributed by atoms with Gasteiger partial charge in [-0.05, 0) is 49.5 Å². The maximum Gasteiger partial charge on any atom is 0.419 e. The number of piperazine rings is 1. The van der Waals surface area contributed by atoms with Gasteiger partial charge in [0.1, 0.15) is 6.42 Å². The van der Waals surface area contributed by atoms with Gasteiger partial charge in [-0.3, -0.25) is 14.7 Å². The van der Waals surface area contributed by atoms with Crippen LogP contribution in [0.5, 0.6) is 0 Å². The molecule has 12 heteroatoms. The number of H-pyrrole nitrogens is 1. The quantitative estimate of drug-likeness (QED) is 0.228. The highest BCUT2D eigenvalue weighted by atomic mass is 19.4. The Kier molecular flexibility index (Phi) is 7.44. The maximum atomic E-state index is 14.2. The number of fused-ring (bicyclic) bond motifs is 1. The molecule has 1 aliphatic heterocycles. The van der Waals surface area contributed by atoms with Crippen molar-refractivity contribution in [3.05, 3.63) is 72.0 Å². The molecule has 0 atom stereocenters. The van der Waals surface area contributed by atoms with Crippen molar-refractivity contribution in [3.8, 4) is 11.3 Å². The molecule has 2 amide bonds. The van der Waals surface area contributed by atoms with E-state index in [2.05, 4.69) is 44.5 Å². The summed E-state index contributed by atoms with van der Waals surface area (Å²) in [5, 5.41) is 12.8. The lowest BCUT2D eigenvalue weighted by molar-refractivity contribution is -0.140. The molecule has 1 fully saturated rings. The first kappa shape index (κ1) is 27.1. The third-order valence-corrected chi connectivity index (χ3v) is 6.76. The van der Waals surface area contributed by atoms with Gasteiger partial charge in [-0.1, -0.05) is 18.2 Å². The highest BCUT2D eigenvalue weighted by molar-refractivity contribution is 6.08. The molecule has 0 unspecified atom stereocenters. The van der Waals surface area contributed by atoms with E-state index in [9.17, 15) is 27.2 Å². The summed E-state index contributed by atoms with van der Waals surface area (Å²) >= 11 is 0. The molecule has 5 rings (SSSR count). The Morgan fingerprint density at radius 2 is 1.65 bits per heavy atom. The zero-order valence-corrected chi connectivity index (χ0v) is 21.5. The number of anilines is 3. The molecule has 0 saturated carbocycles. The zero-order chi connectivity index (χ0) is 28.4. The number of aromatic nitrogens is 2.